The van der Waals surface area contributed by atoms with E-state index in [1.165, 1.54) is 37.2 Å². The predicted octanol–water partition coefficient (Wildman–Crippen LogP) is 0.863. The van der Waals surface area contributed by atoms with E-state index in [0.717, 1.165) is 4.31 Å². The summed E-state index contributed by atoms with van der Waals surface area (Å²) in [7, 11) is -0.877. The Hall–Kier alpha value is -3.05. The minimum Gasteiger partial charge on any atom is -0.454 e. The van der Waals surface area contributed by atoms with E-state index in [2.05, 4.69) is 15.5 Å². The van der Waals surface area contributed by atoms with Gasteiger partial charge in [0.05, 0.1) is 11.3 Å². The van der Waals surface area contributed by atoms with Crippen LogP contribution in [0.15, 0.2) is 52.2 Å². The summed E-state index contributed by atoms with van der Waals surface area (Å²) in [6.07, 6.45) is 1.40. The fourth-order valence-corrected chi connectivity index (χ4v) is 2.84. The standard InChI is InChI=1S/C15H15N5O5S/c1-19(2)26(22,23)14-7-6-13(25-14)9-24-15(21)11-4-3-5-12(8-11)20-10-16-17-18-20/h3-8,10H,9H2,1-2H3. The second-order valence-electron chi connectivity index (χ2n) is 5.39. The van der Waals surface area contributed by atoms with Gasteiger partial charge < -0.3 is 9.15 Å². The molecule has 0 bridgehead atoms. The number of rotatable bonds is 6. The number of benzene rings is 1. The molecule has 0 saturated heterocycles. The molecule has 0 atom stereocenters. The van der Waals surface area contributed by atoms with Crippen LogP contribution in [0.2, 0.25) is 0 Å². The molecule has 0 radical (unpaired) electrons. The van der Waals surface area contributed by atoms with E-state index in [9.17, 15) is 13.2 Å². The van der Waals surface area contributed by atoms with Crippen molar-refractivity contribution in [3.05, 3.63) is 54.0 Å². The largest absolute Gasteiger partial charge is 0.454 e. The van der Waals surface area contributed by atoms with E-state index in [1.54, 1.807) is 24.3 Å². The van der Waals surface area contributed by atoms with Crippen molar-refractivity contribution >= 4 is 16.0 Å². The molecular weight excluding hydrogens is 362 g/mol. The minimum atomic E-state index is -3.67. The third-order valence-electron chi connectivity index (χ3n) is 3.41. The van der Waals surface area contributed by atoms with E-state index in [-0.39, 0.29) is 17.5 Å². The molecule has 1 aromatic carbocycles. The zero-order valence-electron chi connectivity index (χ0n) is 13.9. The molecule has 0 aliphatic carbocycles. The van der Waals surface area contributed by atoms with Crippen LogP contribution >= 0.6 is 0 Å². The van der Waals surface area contributed by atoms with Crippen molar-refractivity contribution in [2.24, 2.45) is 0 Å². The molecule has 10 nitrogen and oxygen atoms in total. The second-order valence-corrected chi connectivity index (χ2v) is 7.47. The number of hydrogen-bond acceptors (Lipinski definition) is 8. The molecule has 0 saturated carbocycles. The Balaban J connectivity index is 1.68. The van der Waals surface area contributed by atoms with Crippen LogP contribution < -0.4 is 0 Å². The molecule has 2 aromatic heterocycles. The topological polar surface area (TPSA) is 120 Å². The van der Waals surface area contributed by atoms with Gasteiger partial charge in [-0.3, -0.25) is 0 Å². The lowest BCUT2D eigenvalue weighted by molar-refractivity contribution is 0.0440. The van der Waals surface area contributed by atoms with Crippen LogP contribution in [-0.2, 0) is 21.4 Å². The van der Waals surface area contributed by atoms with Crippen LogP contribution in [0.3, 0.4) is 0 Å². The van der Waals surface area contributed by atoms with Gasteiger partial charge in [0.25, 0.3) is 10.0 Å². The third kappa shape index (κ3) is 3.63. The van der Waals surface area contributed by atoms with E-state index in [1.807, 2.05) is 0 Å². The quantitative estimate of drug-likeness (QED) is 0.580. The molecule has 3 aromatic rings. The highest BCUT2D eigenvalue weighted by atomic mass is 32.2. The SMILES string of the molecule is CN(C)S(=O)(=O)c1ccc(COC(=O)c2cccc(-n3cnnn3)c2)o1. The Morgan fingerprint density at radius 2 is 2.08 bits per heavy atom. The molecule has 11 heteroatoms. The lowest BCUT2D eigenvalue weighted by atomic mass is 10.2. The van der Waals surface area contributed by atoms with Crippen LogP contribution in [-0.4, -0.2) is 53.0 Å². The molecule has 0 fully saturated rings. The molecule has 0 aliphatic heterocycles. The number of ether oxygens (including phenoxy) is 1. The Bertz CT molecular complexity index is 1010. The number of nitrogens with zero attached hydrogens (tertiary/aromatic N) is 5. The van der Waals surface area contributed by atoms with Crippen molar-refractivity contribution in [2.75, 3.05) is 14.1 Å². The molecule has 0 aliphatic rings. The molecule has 0 amide bonds. The molecule has 0 spiro atoms. The summed E-state index contributed by atoms with van der Waals surface area (Å²) in [5.41, 5.74) is 0.896. The third-order valence-corrected chi connectivity index (χ3v) is 5.10. The number of aromatic nitrogens is 4. The normalized spacial score (nSPS) is 11.7. The summed E-state index contributed by atoms with van der Waals surface area (Å²) in [5, 5.41) is 10.6. The monoisotopic (exact) mass is 377 g/mol. The Morgan fingerprint density at radius 3 is 2.77 bits per heavy atom. The number of esters is 1. The zero-order chi connectivity index (χ0) is 18.7. The smallest absolute Gasteiger partial charge is 0.338 e. The van der Waals surface area contributed by atoms with Gasteiger partial charge in [-0.25, -0.2) is 22.2 Å². The summed E-state index contributed by atoms with van der Waals surface area (Å²) in [6, 6.07) is 9.32. The maximum Gasteiger partial charge on any atom is 0.338 e. The molecule has 136 valence electrons. The van der Waals surface area contributed by atoms with E-state index in [0.29, 0.717) is 11.3 Å². The van der Waals surface area contributed by atoms with Gasteiger partial charge in [-0.1, -0.05) is 6.07 Å². The van der Waals surface area contributed by atoms with Gasteiger partial charge in [-0.05, 0) is 40.8 Å². The molecule has 0 unspecified atom stereocenters. The van der Waals surface area contributed by atoms with Gasteiger partial charge in [-0.15, -0.1) is 5.10 Å². The van der Waals surface area contributed by atoms with Gasteiger partial charge in [0.15, 0.2) is 0 Å². The van der Waals surface area contributed by atoms with Crippen molar-refractivity contribution in [2.45, 2.75) is 11.7 Å². The highest BCUT2D eigenvalue weighted by Gasteiger charge is 2.22. The van der Waals surface area contributed by atoms with E-state index < -0.39 is 16.0 Å². The van der Waals surface area contributed by atoms with E-state index in [4.69, 9.17) is 9.15 Å². The number of tetrazole rings is 1. The van der Waals surface area contributed by atoms with Gasteiger partial charge in [0, 0.05) is 14.1 Å². The Kier molecular flexibility index (Phi) is 4.82. The summed E-state index contributed by atoms with van der Waals surface area (Å²) in [6.45, 7) is -0.198. The van der Waals surface area contributed by atoms with Crippen molar-refractivity contribution in [3.8, 4) is 5.69 Å². The van der Waals surface area contributed by atoms with Gasteiger partial charge in [0.1, 0.15) is 18.7 Å². The highest BCUT2D eigenvalue weighted by molar-refractivity contribution is 7.88. The lowest BCUT2D eigenvalue weighted by Gasteiger charge is -2.08. The maximum absolute atomic E-state index is 12.2. The predicted molar refractivity (Wildman–Crippen MR) is 87.9 cm³/mol. The van der Waals surface area contributed by atoms with Crippen LogP contribution in [0, 0.1) is 0 Å². The fraction of sp³-hybridized carbons (Fsp3) is 0.200. The number of hydrogen-bond donors (Lipinski definition) is 0. The van der Waals surface area contributed by atoms with Gasteiger partial charge >= 0.3 is 5.97 Å². The number of carbonyl (C=O) groups is 1. The first-order valence-electron chi connectivity index (χ1n) is 7.40. The van der Waals surface area contributed by atoms with Crippen LogP contribution in [0.5, 0.6) is 0 Å². The first kappa shape index (κ1) is 17.8. The summed E-state index contributed by atoms with van der Waals surface area (Å²) >= 11 is 0. The number of carbonyl (C=O) groups excluding carboxylic acids is 1. The maximum atomic E-state index is 12.2. The first-order valence-corrected chi connectivity index (χ1v) is 8.84. The average molecular weight is 377 g/mol. The van der Waals surface area contributed by atoms with Gasteiger partial charge in [-0.2, -0.15) is 0 Å². The zero-order valence-corrected chi connectivity index (χ0v) is 14.8. The number of furan rings is 1. The van der Waals surface area contributed by atoms with Crippen molar-refractivity contribution in [3.63, 3.8) is 0 Å². The average Bonchev–Trinajstić information content (AvgIpc) is 3.31. The fourth-order valence-electron chi connectivity index (χ4n) is 2.03. The minimum absolute atomic E-state index is 0.198. The lowest BCUT2D eigenvalue weighted by Crippen LogP contribution is -2.21. The number of sulfonamides is 1. The summed E-state index contributed by atoms with van der Waals surface area (Å²) in [5.74, 6) is -0.372. The van der Waals surface area contributed by atoms with Crippen molar-refractivity contribution in [1.29, 1.82) is 0 Å². The first-order chi connectivity index (χ1) is 12.4. The van der Waals surface area contributed by atoms with Gasteiger partial charge in [0.2, 0.25) is 5.09 Å². The second kappa shape index (κ2) is 7.06. The molecule has 26 heavy (non-hydrogen) atoms. The van der Waals surface area contributed by atoms with Crippen LogP contribution in [0.25, 0.3) is 5.69 Å². The molecular formula is C15H15N5O5S. The highest BCUT2D eigenvalue weighted by Crippen LogP contribution is 2.18. The Labute approximate surface area is 149 Å². The summed E-state index contributed by atoms with van der Waals surface area (Å²) in [4.78, 5) is 12.2. The van der Waals surface area contributed by atoms with Crippen molar-refractivity contribution in [1.82, 2.24) is 24.5 Å². The van der Waals surface area contributed by atoms with Crippen molar-refractivity contribution < 1.29 is 22.4 Å². The van der Waals surface area contributed by atoms with Crippen LogP contribution in [0.1, 0.15) is 16.1 Å². The van der Waals surface area contributed by atoms with E-state index >= 15 is 0 Å². The summed E-state index contributed by atoms with van der Waals surface area (Å²) < 4.78 is 36.8. The molecule has 3 rings (SSSR count). The Morgan fingerprint density at radius 1 is 1.27 bits per heavy atom. The van der Waals surface area contributed by atoms with Crippen LogP contribution in [0.4, 0.5) is 0 Å². The molecule has 0 N–H and O–H groups in total. The molecule has 2 heterocycles.